The van der Waals surface area contributed by atoms with E-state index in [1.54, 1.807) is 18.2 Å². The quantitative estimate of drug-likeness (QED) is 0.377. The number of nitrogens with zero attached hydrogens (tertiary/aromatic N) is 1. The summed E-state index contributed by atoms with van der Waals surface area (Å²) in [6.07, 6.45) is 3.77. The first kappa shape index (κ1) is 21.9. The summed E-state index contributed by atoms with van der Waals surface area (Å²) in [5, 5.41) is 13.7. The number of carbonyl (C=O) groups is 1. The Morgan fingerprint density at radius 3 is 2.61 bits per heavy atom. The molecule has 33 heavy (non-hydrogen) atoms. The van der Waals surface area contributed by atoms with Crippen LogP contribution in [0.3, 0.4) is 0 Å². The highest BCUT2D eigenvalue weighted by molar-refractivity contribution is 5.91. The van der Waals surface area contributed by atoms with Crippen LogP contribution in [0.5, 0.6) is 17.2 Å². The van der Waals surface area contributed by atoms with Gasteiger partial charge in [-0.15, -0.1) is 0 Å². The number of carbonyl (C=O) groups excluding carboxylic acids is 1. The molecule has 0 aliphatic carbocycles. The molecule has 0 aliphatic rings. The number of nitrogens with one attached hydrogen (secondary N) is 1. The first-order valence-electron chi connectivity index (χ1n) is 10.6. The molecule has 6 heteroatoms. The summed E-state index contributed by atoms with van der Waals surface area (Å²) >= 11 is 0. The molecule has 0 spiro atoms. The Kier molecular flexibility index (Phi) is 6.85. The summed E-state index contributed by atoms with van der Waals surface area (Å²) in [5.41, 5.74) is 2.89. The predicted molar refractivity (Wildman–Crippen MR) is 131 cm³/mol. The fourth-order valence-corrected chi connectivity index (χ4v) is 3.30. The standard InChI is InChI=1S/C27H24N2O4/c1-2-32-25-17-19(11-14-22-15-13-20-7-6-10-23(30)27(20)29-22)12-16-24(25)33-18-26(31)28-21-8-4-3-5-9-21/h3-17,30H,2,18H2,1H3,(H,28,31)/b14-11+. The summed E-state index contributed by atoms with van der Waals surface area (Å²) in [7, 11) is 0. The second-order valence-electron chi connectivity index (χ2n) is 7.26. The Hall–Kier alpha value is -4.32. The Bertz CT molecular complexity index is 1290. The van der Waals surface area contributed by atoms with E-state index in [9.17, 15) is 9.90 Å². The second-order valence-corrected chi connectivity index (χ2v) is 7.26. The van der Waals surface area contributed by atoms with E-state index in [1.807, 2.05) is 79.7 Å². The van der Waals surface area contributed by atoms with Crippen molar-refractivity contribution in [3.63, 3.8) is 0 Å². The van der Waals surface area contributed by atoms with Gasteiger partial charge in [-0.3, -0.25) is 4.79 Å². The predicted octanol–water partition coefficient (Wildman–Crippen LogP) is 5.53. The van der Waals surface area contributed by atoms with Crippen LogP contribution in [0.2, 0.25) is 0 Å². The molecule has 1 aromatic heterocycles. The number of hydrogen-bond donors (Lipinski definition) is 2. The maximum Gasteiger partial charge on any atom is 0.262 e. The second kappa shape index (κ2) is 10.3. The van der Waals surface area contributed by atoms with Crippen molar-refractivity contribution in [1.29, 1.82) is 0 Å². The summed E-state index contributed by atoms with van der Waals surface area (Å²) in [6.45, 7) is 2.22. The number of hydrogen-bond acceptors (Lipinski definition) is 5. The highest BCUT2D eigenvalue weighted by atomic mass is 16.5. The van der Waals surface area contributed by atoms with Crippen molar-refractivity contribution in [1.82, 2.24) is 4.98 Å². The highest BCUT2D eigenvalue weighted by Crippen LogP contribution is 2.29. The third kappa shape index (κ3) is 5.68. The number of aromatic nitrogens is 1. The van der Waals surface area contributed by atoms with Crippen LogP contribution in [0, 0.1) is 0 Å². The van der Waals surface area contributed by atoms with Crippen molar-refractivity contribution in [2.24, 2.45) is 0 Å². The zero-order valence-corrected chi connectivity index (χ0v) is 18.2. The molecule has 0 saturated carbocycles. The molecular weight excluding hydrogens is 416 g/mol. The Morgan fingerprint density at radius 2 is 1.79 bits per heavy atom. The minimum Gasteiger partial charge on any atom is -0.506 e. The van der Waals surface area contributed by atoms with Crippen LogP contribution in [0.1, 0.15) is 18.2 Å². The molecular formula is C27H24N2O4. The highest BCUT2D eigenvalue weighted by Gasteiger charge is 2.09. The van der Waals surface area contributed by atoms with Gasteiger partial charge < -0.3 is 19.9 Å². The van der Waals surface area contributed by atoms with Crippen LogP contribution in [0.15, 0.2) is 78.9 Å². The van der Waals surface area contributed by atoms with Crippen molar-refractivity contribution in [2.75, 3.05) is 18.5 Å². The molecule has 0 radical (unpaired) electrons. The van der Waals surface area contributed by atoms with Crippen LogP contribution in [0.25, 0.3) is 23.1 Å². The Balaban J connectivity index is 1.46. The van der Waals surface area contributed by atoms with Gasteiger partial charge in [0.1, 0.15) is 11.3 Å². The topological polar surface area (TPSA) is 80.7 Å². The van der Waals surface area contributed by atoms with Crippen LogP contribution in [-0.4, -0.2) is 29.2 Å². The maximum atomic E-state index is 12.2. The zero-order valence-electron chi connectivity index (χ0n) is 18.2. The molecule has 0 unspecified atom stereocenters. The van der Waals surface area contributed by atoms with Crippen molar-refractivity contribution in [3.05, 3.63) is 90.1 Å². The van der Waals surface area contributed by atoms with E-state index in [-0.39, 0.29) is 18.3 Å². The normalized spacial score (nSPS) is 10.9. The monoisotopic (exact) mass is 440 g/mol. The van der Waals surface area contributed by atoms with Crippen LogP contribution < -0.4 is 14.8 Å². The van der Waals surface area contributed by atoms with E-state index in [4.69, 9.17) is 9.47 Å². The van der Waals surface area contributed by atoms with Gasteiger partial charge in [0.25, 0.3) is 5.91 Å². The van der Waals surface area contributed by atoms with Crippen LogP contribution in [-0.2, 0) is 4.79 Å². The van der Waals surface area contributed by atoms with Crippen molar-refractivity contribution in [3.8, 4) is 17.2 Å². The number of aromatic hydroxyl groups is 1. The van der Waals surface area contributed by atoms with Crippen molar-refractivity contribution in [2.45, 2.75) is 6.92 Å². The lowest BCUT2D eigenvalue weighted by atomic mass is 10.1. The lowest BCUT2D eigenvalue weighted by Crippen LogP contribution is -2.20. The van der Waals surface area contributed by atoms with E-state index in [0.717, 1.165) is 16.6 Å². The third-order valence-electron chi connectivity index (χ3n) is 4.85. The largest absolute Gasteiger partial charge is 0.506 e. The molecule has 166 valence electrons. The van der Waals surface area contributed by atoms with Gasteiger partial charge in [0, 0.05) is 11.1 Å². The van der Waals surface area contributed by atoms with E-state index in [2.05, 4.69) is 10.3 Å². The molecule has 0 saturated heterocycles. The molecule has 0 atom stereocenters. The summed E-state index contributed by atoms with van der Waals surface area (Å²) in [6, 6.07) is 23.9. The number of pyridine rings is 1. The molecule has 2 N–H and O–H groups in total. The van der Waals surface area contributed by atoms with Gasteiger partial charge in [-0.2, -0.15) is 0 Å². The minimum atomic E-state index is -0.252. The average molecular weight is 440 g/mol. The summed E-state index contributed by atoms with van der Waals surface area (Å²) in [4.78, 5) is 16.7. The zero-order chi connectivity index (χ0) is 23.0. The average Bonchev–Trinajstić information content (AvgIpc) is 2.83. The van der Waals surface area contributed by atoms with Crippen LogP contribution >= 0.6 is 0 Å². The van der Waals surface area contributed by atoms with E-state index < -0.39 is 0 Å². The lowest BCUT2D eigenvalue weighted by Gasteiger charge is -2.13. The number of para-hydroxylation sites is 2. The third-order valence-corrected chi connectivity index (χ3v) is 4.85. The first-order chi connectivity index (χ1) is 16.1. The molecule has 4 rings (SSSR count). The summed E-state index contributed by atoms with van der Waals surface area (Å²) in [5.74, 6) is 0.944. The fourth-order valence-electron chi connectivity index (χ4n) is 3.30. The molecule has 6 nitrogen and oxygen atoms in total. The number of phenols is 1. The minimum absolute atomic E-state index is 0.130. The number of benzene rings is 3. The van der Waals surface area contributed by atoms with Crippen LogP contribution in [0.4, 0.5) is 5.69 Å². The molecule has 0 bridgehead atoms. The van der Waals surface area contributed by atoms with E-state index in [0.29, 0.717) is 29.3 Å². The van der Waals surface area contributed by atoms with E-state index >= 15 is 0 Å². The Labute approximate surface area is 192 Å². The maximum absolute atomic E-state index is 12.2. The lowest BCUT2D eigenvalue weighted by molar-refractivity contribution is -0.118. The molecule has 0 fully saturated rings. The van der Waals surface area contributed by atoms with Gasteiger partial charge >= 0.3 is 0 Å². The SMILES string of the molecule is CCOc1cc(/C=C/c2ccc3cccc(O)c3n2)ccc1OCC(=O)Nc1ccccc1. The number of phenolic OH excluding ortho intramolecular Hbond substituents is 1. The van der Waals surface area contributed by atoms with Crippen molar-refractivity contribution >= 4 is 34.6 Å². The molecule has 3 aromatic carbocycles. The smallest absolute Gasteiger partial charge is 0.262 e. The molecule has 1 amide bonds. The fraction of sp³-hybridized carbons (Fsp3) is 0.111. The first-order valence-corrected chi connectivity index (χ1v) is 10.6. The number of amides is 1. The van der Waals surface area contributed by atoms with E-state index in [1.165, 1.54) is 0 Å². The number of fused-ring (bicyclic) bond motifs is 1. The van der Waals surface area contributed by atoms with Gasteiger partial charge in [0.05, 0.1) is 12.3 Å². The molecule has 1 heterocycles. The van der Waals surface area contributed by atoms with Gasteiger partial charge in [0.15, 0.2) is 18.1 Å². The van der Waals surface area contributed by atoms with Gasteiger partial charge in [-0.05, 0) is 55.0 Å². The van der Waals surface area contributed by atoms with Gasteiger partial charge in [0.2, 0.25) is 0 Å². The molecule has 0 aliphatic heterocycles. The summed E-state index contributed by atoms with van der Waals surface area (Å²) < 4.78 is 11.4. The van der Waals surface area contributed by atoms with Crippen molar-refractivity contribution < 1.29 is 19.4 Å². The Morgan fingerprint density at radius 1 is 0.939 bits per heavy atom. The van der Waals surface area contributed by atoms with Gasteiger partial charge in [-0.1, -0.05) is 48.5 Å². The number of rotatable bonds is 8. The number of anilines is 1. The number of ether oxygens (including phenoxy) is 2. The van der Waals surface area contributed by atoms with Gasteiger partial charge in [-0.25, -0.2) is 4.98 Å². The molecule has 4 aromatic rings.